The van der Waals surface area contributed by atoms with Gasteiger partial charge in [0.05, 0.1) is 12.7 Å². The molecule has 3 rings (SSSR count). The maximum atomic E-state index is 13.4. The molecule has 36 heavy (non-hydrogen) atoms. The van der Waals surface area contributed by atoms with Crippen LogP contribution in [0, 0.1) is 12.3 Å². The Morgan fingerprint density at radius 3 is 2.44 bits per heavy atom. The highest BCUT2D eigenvalue weighted by molar-refractivity contribution is 5.96. The predicted molar refractivity (Wildman–Crippen MR) is 138 cm³/mol. The molecule has 0 spiro atoms. The maximum absolute atomic E-state index is 13.4. The number of nitrogens with one attached hydrogen (secondary N) is 1. The molecule has 3 aromatic rings. The highest BCUT2D eigenvalue weighted by atomic mass is 16.5. The lowest BCUT2D eigenvalue weighted by molar-refractivity contribution is 0.0964. The van der Waals surface area contributed by atoms with Crippen LogP contribution in [0.2, 0.25) is 0 Å². The van der Waals surface area contributed by atoms with Crippen LogP contribution >= 0.6 is 0 Å². The molecule has 0 aliphatic heterocycles. The number of hydrogen-bond donors (Lipinski definition) is 1. The molecule has 0 amide bonds. The van der Waals surface area contributed by atoms with E-state index in [1.807, 2.05) is 25.1 Å². The Kier molecular flexibility index (Phi) is 8.89. The van der Waals surface area contributed by atoms with E-state index in [1.54, 1.807) is 13.2 Å². The van der Waals surface area contributed by atoms with E-state index < -0.39 is 0 Å². The third-order valence-corrected chi connectivity index (χ3v) is 6.10. The number of aromatic nitrogens is 4. The molecule has 1 N–H and O–H groups in total. The third kappa shape index (κ3) is 6.51. The van der Waals surface area contributed by atoms with Gasteiger partial charge >= 0.3 is 0 Å². The van der Waals surface area contributed by atoms with Crippen LogP contribution in [0.1, 0.15) is 75.4 Å². The van der Waals surface area contributed by atoms with Gasteiger partial charge in [-0.2, -0.15) is 4.52 Å². The fraction of sp³-hybridized carbons (Fsp3) is 0.556. The number of rotatable bonds is 12. The molecule has 0 saturated heterocycles. The summed E-state index contributed by atoms with van der Waals surface area (Å²) in [5.41, 5.74) is 2.73. The van der Waals surface area contributed by atoms with Crippen molar-refractivity contribution in [3.63, 3.8) is 0 Å². The van der Waals surface area contributed by atoms with Gasteiger partial charge < -0.3 is 14.2 Å². The van der Waals surface area contributed by atoms with E-state index in [0.717, 1.165) is 30.4 Å². The Morgan fingerprint density at radius 1 is 1.08 bits per heavy atom. The van der Waals surface area contributed by atoms with Gasteiger partial charge in [-0.1, -0.05) is 34.6 Å². The van der Waals surface area contributed by atoms with E-state index in [2.05, 4.69) is 44.8 Å². The summed E-state index contributed by atoms with van der Waals surface area (Å²) in [5, 5.41) is 17.6. The summed E-state index contributed by atoms with van der Waals surface area (Å²) in [7, 11) is 1.66. The van der Waals surface area contributed by atoms with E-state index in [0.29, 0.717) is 36.1 Å². The first-order valence-corrected chi connectivity index (χ1v) is 12.6. The molecule has 0 atom stereocenters. The number of aryl methyl sites for hydroxylation is 1. The van der Waals surface area contributed by atoms with Gasteiger partial charge in [-0.25, -0.2) is 4.68 Å². The van der Waals surface area contributed by atoms with Crippen LogP contribution in [0.5, 0.6) is 11.6 Å². The van der Waals surface area contributed by atoms with Crippen LogP contribution in [0.15, 0.2) is 24.3 Å². The summed E-state index contributed by atoms with van der Waals surface area (Å²) in [6.07, 6.45) is 2.55. The second kappa shape index (κ2) is 11.7. The summed E-state index contributed by atoms with van der Waals surface area (Å²) < 4.78 is 19.8. The molecule has 0 bridgehead atoms. The van der Waals surface area contributed by atoms with Gasteiger partial charge in [0.2, 0.25) is 11.5 Å². The first-order chi connectivity index (χ1) is 17.1. The monoisotopic (exact) mass is 497 g/mol. The summed E-state index contributed by atoms with van der Waals surface area (Å²) in [5.74, 6) is 0.941. The van der Waals surface area contributed by atoms with Crippen molar-refractivity contribution in [3.8, 4) is 11.6 Å². The Hall–Kier alpha value is -3.20. The van der Waals surface area contributed by atoms with Crippen molar-refractivity contribution in [2.45, 2.75) is 78.9 Å². The predicted octanol–water partition coefficient (Wildman–Crippen LogP) is 4.48. The number of nitrogens with zero attached hydrogens (tertiary/aromatic N) is 4. The van der Waals surface area contributed by atoms with Crippen LogP contribution in [-0.4, -0.2) is 51.6 Å². The largest absolute Gasteiger partial charge is 0.493 e. The number of ketones is 1. The molecule has 0 radical (unpaired) electrons. The second-order valence-corrected chi connectivity index (χ2v) is 10.1. The molecule has 1 aromatic carbocycles. The first-order valence-electron chi connectivity index (χ1n) is 12.6. The van der Waals surface area contributed by atoms with Crippen LogP contribution in [0.4, 0.5) is 0 Å². The van der Waals surface area contributed by atoms with Crippen LogP contribution in [0.25, 0.3) is 5.65 Å². The molecule has 9 heteroatoms. The summed E-state index contributed by atoms with van der Waals surface area (Å²) in [6.45, 7) is 13.3. The standard InChI is InChI=1S/C27H39N5O4/c1-8-21(9-2)36-24-13-18(3)25-30-31(26(28)32(25)29-24)17-23(33)19-14-20(27(4,5)6)16-22(15-19)35-12-10-11-34-7/h13-16,21,28H,8-12,17H2,1-7H3. The zero-order valence-electron chi connectivity index (χ0n) is 22.6. The van der Waals surface area contributed by atoms with E-state index in [4.69, 9.17) is 19.6 Å². The van der Waals surface area contributed by atoms with E-state index in [-0.39, 0.29) is 29.5 Å². The number of ether oxygens (including phenoxy) is 3. The molecule has 0 unspecified atom stereocenters. The smallest absolute Gasteiger partial charge is 0.242 e. The number of hydrogen-bond acceptors (Lipinski definition) is 7. The van der Waals surface area contributed by atoms with Crippen LogP contribution < -0.4 is 15.1 Å². The minimum atomic E-state index is -0.163. The van der Waals surface area contributed by atoms with Crippen LogP contribution in [0.3, 0.4) is 0 Å². The van der Waals surface area contributed by atoms with Crippen molar-refractivity contribution >= 4 is 11.4 Å². The van der Waals surface area contributed by atoms with Crippen LogP contribution in [-0.2, 0) is 16.7 Å². The molecular weight excluding hydrogens is 458 g/mol. The number of carbonyl (C=O) groups is 1. The van der Waals surface area contributed by atoms with E-state index in [9.17, 15) is 4.79 Å². The molecule has 0 aliphatic carbocycles. The lowest BCUT2D eigenvalue weighted by Crippen LogP contribution is -2.27. The van der Waals surface area contributed by atoms with Gasteiger partial charge in [0.25, 0.3) is 0 Å². The molecule has 0 aliphatic rings. The SMILES string of the molecule is CCC(CC)Oc1cc(C)c2nn(CC(=O)c3cc(OCCCOC)cc(C(C)(C)C)c3)c(=N)n2n1. The summed E-state index contributed by atoms with van der Waals surface area (Å²) in [6, 6.07) is 7.46. The number of benzene rings is 1. The Bertz CT molecular complexity index is 1250. The molecule has 2 heterocycles. The lowest BCUT2D eigenvalue weighted by atomic mass is 9.85. The first kappa shape index (κ1) is 27.4. The minimum Gasteiger partial charge on any atom is -0.493 e. The zero-order chi connectivity index (χ0) is 26.5. The summed E-state index contributed by atoms with van der Waals surface area (Å²) >= 11 is 0. The third-order valence-electron chi connectivity index (χ3n) is 6.10. The second-order valence-electron chi connectivity index (χ2n) is 10.1. The van der Waals surface area contributed by atoms with Gasteiger partial charge in [-0.15, -0.1) is 10.2 Å². The van der Waals surface area contributed by atoms with Crippen molar-refractivity contribution in [2.24, 2.45) is 0 Å². The Morgan fingerprint density at radius 2 is 1.81 bits per heavy atom. The van der Waals surface area contributed by atoms with Gasteiger partial charge in [-0.05, 0) is 48.9 Å². The van der Waals surface area contributed by atoms with Crippen molar-refractivity contribution in [2.75, 3.05) is 20.3 Å². The lowest BCUT2D eigenvalue weighted by Gasteiger charge is -2.21. The minimum absolute atomic E-state index is 0.0134. The Balaban J connectivity index is 1.90. The van der Waals surface area contributed by atoms with Gasteiger partial charge in [-0.3, -0.25) is 10.2 Å². The van der Waals surface area contributed by atoms with Gasteiger partial charge in [0, 0.05) is 37.3 Å². The van der Waals surface area contributed by atoms with Gasteiger partial charge in [0.15, 0.2) is 11.4 Å². The number of carbonyl (C=O) groups excluding carboxylic acids is 1. The molecule has 0 fully saturated rings. The normalized spacial score (nSPS) is 11.9. The molecule has 9 nitrogen and oxygen atoms in total. The van der Waals surface area contributed by atoms with Crippen molar-refractivity contribution < 1.29 is 19.0 Å². The summed E-state index contributed by atoms with van der Waals surface area (Å²) in [4.78, 5) is 13.4. The maximum Gasteiger partial charge on any atom is 0.242 e. The molecule has 2 aromatic heterocycles. The van der Waals surface area contributed by atoms with Crippen molar-refractivity contribution in [1.29, 1.82) is 5.41 Å². The van der Waals surface area contributed by atoms with Gasteiger partial charge in [0.1, 0.15) is 12.3 Å². The quantitative estimate of drug-likeness (QED) is 0.292. The average molecular weight is 498 g/mol. The van der Waals surface area contributed by atoms with E-state index in [1.165, 1.54) is 9.20 Å². The van der Waals surface area contributed by atoms with Crippen molar-refractivity contribution in [1.82, 2.24) is 19.4 Å². The molecule has 196 valence electrons. The van der Waals surface area contributed by atoms with E-state index >= 15 is 0 Å². The fourth-order valence-electron chi connectivity index (χ4n) is 3.82. The average Bonchev–Trinajstić information content (AvgIpc) is 3.15. The topological polar surface area (TPSA) is 104 Å². The molecule has 0 saturated carbocycles. The highest BCUT2D eigenvalue weighted by Crippen LogP contribution is 2.28. The molecular formula is C27H39N5O4. The number of fused-ring (bicyclic) bond motifs is 1. The van der Waals surface area contributed by atoms with Crippen molar-refractivity contribution in [3.05, 3.63) is 46.6 Å². The fourth-order valence-corrected chi connectivity index (χ4v) is 3.82. The zero-order valence-corrected chi connectivity index (χ0v) is 22.6. The Labute approximate surface area is 212 Å². The number of Topliss-reactive ketones (excluding diaryl/α,β-unsaturated/α-hetero) is 1. The number of methoxy groups -OCH3 is 1. The highest BCUT2D eigenvalue weighted by Gasteiger charge is 2.20.